The molecule has 0 spiro atoms. The molecule has 0 aliphatic rings. The maximum absolute atomic E-state index is 14.0. The molecule has 0 fully saturated rings. The number of hydrogen-bond acceptors (Lipinski definition) is 4. The highest BCUT2D eigenvalue weighted by atomic mass is 19.1. The molecule has 130 valence electrons. The van der Waals surface area contributed by atoms with Gasteiger partial charge in [-0.15, -0.1) is 0 Å². The number of ether oxygens (including phenoxy) is 1. The van der Waals surface area contributed by atoms with Crippen LogP contribution in [0.25, 0.3) is 16.6 Å². The number of nitrogens with one attached hydrogen (secondary N) is 1. The average molecular weight is 349 g/mol. The van der Waals surface area contributed by atoms with E-state index >= 15 is 0 Å². The summed E-state index contributed by atoms with van der Waals surface area (Å²) in [5.74, 6) is -0.0766. The van der Waals surface area contributed by atoms with Gasteiger partial charge in [0.1, 0.15) is 17.2 Å². The van der Waals surface area contributed by atoms with E-state index in [1.807, 2.05) is 22.6 Å². The van der Waals surface area contributed by atoms with Crippen LogP contribution in [0, 0.1) is 5.82 Å². The van der Waals surface area contributed by atoms with Crippen molar-refractivity contribution in [2.75, 3.05) is 11.9 Å². The van der Waals surface area contributed by atoms with Gasteiger partial charge in [0.05, 0.1) is 35.1 Å². The van der Waals surface area contributed by atoms with Gasteiger partial charge in [0.25, 0.3) is 0 Å². The molecule has 6 heteroatoms. The number of fused-ring (bicyclic) bond motifs is 3. The molecule has 0 aliphatic heterocycles. The molecule has 2 heterocycles. The SMILES string of the molecule is CCOC(=O)c1cccc2c1ncc1ccc(Nc3ccccc3F)n12. The third-order valence-corrected chi connectivity index (χ3v) is 4.12. The van der Waals surface area contributed by atoms with Gasteiger partial charge in [-0.25, -0.2) is 9.18 Å². The van der Waals surface area contributed by atoms with Crippen LogP contribution in [0.2, 0.25) is 0 Å². The first-order valence-corrected chi connectivity index (χ1v) is 8.27. The number of hydrogen-bond donors (Lipinski definition) is 1. The molecular weight excluding hydrogens is 333 g/mol. The summed E-state index contributed by atoms with van der Waals surface area (Å²) < 4.78 is 21.0. The quantitative estimate of drug-likeness (QED) is 0.549. The fourth-order valence-corrected chi connectivity index (χ4v) is 2.97. The second-order valence-corrected chi connectivity index (χ2v) is 5.74. The number of anilines is 2. The van der Waals surface area contributed by atoms with Crippen LogP contribution in [0.5, 0.6) is 0 Å². The maximum atomic E-state index is 14.0. The first kappa shape index (κ1) is 16.1. The minimum Gasteiger partial charge on any atom is -0.462 e. The van der Waals surface area contributed by atoms with Crippen molar-refractivity contribution >= 4 is 34.0 Å². The lowest BCUT2D eigenvalue weighted by Crippen LogP contribution is -2.07. The second-order valence-electron chi connectivity index (χ2n) is 5.74. The van der Waals surface area contributed by atoms with E-state index in [4.69, 9.17) is 4.74 Å². The molecule has 2 aromatic carbocycles. The number of halogens is 1. The lowest BCUT2D eigenvalue weighted by Gasteiger charge is -2.11. The summed E-state index contributed by atoms with van der Waals surface area (Å²) in [6.07, 6.45) is 1.68. The highest BCUT2D eigenvalue weighted by molar-refractivity contribution is 6.02. The van der Waals surface area contributed by atoms with Crippen LogP contribution in [0.15, 0.2) is 60.8 Å². The summed E-state index contributed by atoms with van der Waals surface area (Å²) in [5, 5.41) is 3.11. The summed E-state index contributed by atoms with van der Waals surface area (Å²) in [7, 11) is 0. The van der Waals surface area contributed by atoms with Gasteiger partial charge in [-0.1, -0.05) is 18.2 Å². The van der Waals surface area contributed by atoms with Crippen LogP contribution in [0.4, 0.5) is 15.9 Å². The van der Waals surface area contributed by atoms with Crippen LogP contribution in [-0.2, 0) is 4.74 Å². The first-order chi connectivity index (χ1) is 12.7. The van der Waals surface area contributed by atoms with Crippen LogP contribution in [0.1, 0.15) is 17.3 Å². The number of para-hydroxylation sites is 2. The number of benzene rings is 2. The largest absolute Gasteiger partial charge is 0.462 e. The number of aromatic nitrogens is 2. The van der Waals surface area contributed by atoms with Gasteiger partial charge in [-0.2, -0.15) is 0 Å². The Balaban J connectivity index is 1.90. The predicted molar refractivity (Wildman–Crippen MR) is 98.3 cm³/mol. The molecule has 26 heavy (non-hydrogen) atoms. The molecule has 5 nitrogen and oxygen atoms in total. The van der Waals surface area contributed by atoms with Crippen molar-refractivity contribution in [3.05, 3.63) is 72.2 Å². The Hall–Kier alpha value is -3.41. The van der Waals surface area contributed by atoms with Crippen LogP contribution >= 0.6 is 0 Å². The lowest BCUT2D eigenvalue weighted by atomic mass is 10.1. The summed E-state index contributed by atoms with van der Waals surface area (Å²) in [6, 6.07) is 15.5. The molecule has 4 aromatic rings. The van der Waals surface area contributed by atoms with Gasteiger partial charge < -0.3 is 10.1 Å². The van der Waals surface area contributed by atoms with Crippen molar-refractivity contribution in [3.8, 4) is 0 Å². The topological polar surface area (TPSA) is 55.6 Å². The van der Waals surface area contributed by atoms with Crippen molar-refractivity contribution in [1.82, 2.24) is 9.38 Å². The molecule has 0 saturated carbocycles. The predicted octanol–water partition coefficient (Wildman–Crippen LogP) is 4.55. The molecule has 0 radical (unpaired) electrons. The fourth-order valence-electron chi connectivity index (χ4n) is 2.97. The lowest BCUT2D eigenvalue weighted by molar-refractivity contribution is 0.0528. The monoisotopic (exact) mass is 349 g/mol. The van der Waals surface area contributed by atoms with Gasteiger partial charge >= 0.3 is 5.97 Å². The zero-order valence-corrected chi connectivity index (χ0v) is 14.1. The fraction of sp³-hybridized carbons (Fsp3) is 0.100. The van der Waals surface area contributed by atoms with Crippen molar-refractivity contribution < 1.29 is 13.9 Å². The highest BCUT2D eigenvalue weighted by Gasteiger charge is 2.15. The van der Waals surface area contributed by atoms with Gasteiger partial charge in [0.2, 0.25) is 0 Å². The number of carbonyl (C=O) groups excluding carboxylic acids is 1. The number of nitrogens with zero attached hydrogens (tertiary/aromatic N) is 2. The zero-order chi connectivity index (χ0) is 18.1. The highest BCUT2D eigenvalue weighted by Crippen LogP contribution is 2.27. The van der Waals surface area contributed by atoms with Crippen molar-refractivity contribution in [2.24, 2.45) is 0 Å². The summed E-state index contributed by atoms with van der Waals surface area (Å²) in [5.41, 5.74) is 2.87. The number of carbonyl (C=O) groups is 1. The molecule has 0 unspecified atom stereocenters. The van der Waals surface area contributed by atoms with E-state index in [0.29, 0.717) is 29.2 Å². The van der Waals surface area contributed by atoms with Crippen LogP contribution in [-0.4, -0.2) is 22.0 Å². The molecule has 0 amide bonds. The Bertz CT molecular complexity index is 1120. The summed E-state index contributed by atoms with van der Waals surface area (Å²) in [4.78, 5) is 16.6. The van der Waals surface area contributed by atoms with E-state index in [2.05, 4.69) is 10.3 Å². The molecule has 2 aromatic heterocycles. The van der Waals surface area contributed by atoms with Gasteiger partial charge in [-0.3, -0.25) is 9.38 Å². The third-order valence-electron chi connectivity index (χ3n) is 4.12. The summed E-state index contributed by atoms with van der Waals surface area (Å²) in [6.45, 7) is 2.05. The molecule has 4 rings (SSSR count). The van der Waals surface area contributed by atoms with E-state index in [9.17, 15) is 9.18 Å². The Labute approximate surface area is 149 Å². The van der Waals surface area contributed by atoms with Crippen molar-refractivity contribution in [2.45, 2.75) is 6.92 Å². The van der Waals surface area contributed by atoms with Crippen molar-refractivity contribution in [1.29, 1.82) is 0 Å². The van der Waals surface area contributed by atoms with E-state index in [1.54, 1.807) is 43.5 Å². The molecule has 0 atom stereocenters. The Kier molecular flexibility index (Phi) is 4.01. The third kappa shape index (κ3) is 2.65. The maximum Gasteiger partial charge on any atom is 0.340 e. The minimum atomic E-state index is -0.416. The minimum absolute atomic E-state index is 0.293. The molecule has 0 saturated heterocycles. The molecule has 0 aliphatic carbocycles. The average Bonchev–Trinajstić information content (AvgIpc) is 3.06. The Morgan fingerprint density at radius 1 is 1.15 bits per heavy atom. The van der Waals surface area contributed by atoms with E-state index in [-0.39, 0.29) is 5.82 Å². The standard InChI is InChI=1S/C20H16FN3O2/c1-2-26-20(25)14-6-5-9-17-19(14)22-12-13-10-11-18(24(13)17)23-16-8-4-3-7-15(16)21/h3-12,23H,2H2,1H3. The second kappa shape index (κ2) is 6.48. The van der Waals surface area contributed by atoms with Crippen LogP contribution in [0.3, 0.4) is 0 Å². The molecule has 1 N–H and O–H groups in total. The van der Waals surface area contributed by atoms with Crippen LogP contribution < -0.4 is 5.32 Å². The normalized spacial score (nSPS) is 11.0. The van der Waals surface area contributed by atoms with Crippen molar-refractivity contribution in [3.63, 3.8) is 0 Å². The van der Waals surface area contributed by atoms with E-state index < -0.39 is 5.97 Å². The number of esters is 1. The molecular formula is C20H16FN3O2. The van der Waals surface area contributed by atoms with Gasteiger partial charge in [-0.05, 0) is 43.3 Å². The first-order valence-electron chi connectivity index (χ1n) is 8.27. The molecule has 0 bridgehead atoms. The Morgan fingerprint density at radius 3 is 2.81 bits per heavy atom. The van der Waals surface area contributed by atoms with Gasteiger partial charge in [0, 0.05) is 0 Å². The number of rotatable bonds is 4. The smallest absolute Gasteiger partial charge is 0.340 e. The zero-order valence-electron chi connectivity index (χ0n) is 14.1. The summed E-state index contributed by atoms with van der Waals surface area (Å²) >= 11 is 0. The van der Waals surface area contributed by atoms with E-state index in [1.165, 1.54) is 6.07 Å². The van der Waals surface area contributed by atoms with E-state index in [0.717, 1.165) is 11.0 Å². The Morgan fingerprint density at radius 2 is 2.00 bits per heavy atom. The van der Waals surface area contributed by atoms with Gasteiger partial charge in [0.15, 0.2) is 0 Å².